The van der Waals surface area contributed by atoms with Gasteiger partial charge in [0, 0.05) is 69.8 Å². The van der Waals surface area contributed by atoms with E-state index >= 15 is 0 Å². The number of amides is 3. The highest BCUT2D eigenvalue weighted by atomic mass is 16.6. The molecule has 5 atom stereocenters. The minimum Gasteiger partial charge on any atom is -0.507 e. The molecular formula is C75H107N3O12. The van der Waals surface area contributed by atoms with E-state index in [9.17, 15) is 45.0 Å². The fourth-order valence-electron chi connectivity index (χ4n) is 15.1. The molecule has 90 heavy (non-hydrogen) atoms. The summed E-state index contributed by atoms with van der Waals surface area (Å²) in [5, 5.41) is 70.4. The molecule has 6 N–H and O–H groups in total. The molecule has 0 radical (unpaired) electrons. The van der Waals surface area contributed by atoms with Gasteiger partial charge in [-0.05, 0) is 216 Å². The molecule has 6 aliphatic carbocycles. The van der Waals surface area contributed by atoms with Crippen molar-refractivity contribution >= 4 is 18.3 Å². The molecule has 5 unspecified atom stereocenters. The Balaban J connectivity index is 0.780. The van der Waals surface area contributed by atoms with E-state index < -0.39 is 12.2 Å². The molecule has 6 aliphatic rings. The summed E-state index contributed by atoms with van der Waals surface area (Å²) < 4.78 is 17.4. The third-order valence-corrected chi connectivity index (χ3v) is 20.6. The molecule has 0 aliphatic heterocycles. The van der Waals surface area contributed by atoms with Crippen LogP contribution in [-0.2, 0) is 53.1 Å². The van der Waals surface area contributed by atoms with Crippen molar-refractivity contribution < 1.29 is 59.2 Å². The lowest BCUT2D eigenvalue weighted by atomic mass is 9.83. The number of hydrogen-bond donors (Lipinski definition) is 6. The number of benzene rings is 3. The molecule has 494 valence electrons. The van der Waals surface area contributed by atoms with Gasteiger partial charge in [-0.1, -0.05) is 86.8 Å². The zero-order valence-corrected chi connectivity index (χ0v) is 55.2. The van der Waals surface area contributed by atoms with E-state index in [4.69, 9.17) is 14.2 Å². The van der Waals surface area contributed by atoms with Crippen LogP contribution in [-0.4, -0.2) is 102 Å². The van der Waals surface area contributed by atoms with Crippen LogP contribution in [0.25, 0.3) is 0 Å². The van der Waals surface area contributed by atoms with E-state index in [1.807, 2.05) is 24.0 Å². The van der Waals surface area contributed by atoms with E-state index in [1.54, 1.807) is 15.9 Å². The number of allylic oxidation sites excluding steroid dienone is 6. The van der Waals surface area contributed by atoms with E-state index in [-0.39, 0.29) is 103 Å². The summed E-state index contributed by atoms with van der Waals surface area (Å²) in [6, 6.07) is 5.51. The minimum atomic E-state index is -0.482. The van der Waals surface area contributed by atoms with Crippen molar-refractivity contribution in [2.45, 2.75) is 283 Å². The first-order valence-corrected chi connectivity index (χ1v) is 34.9. The van der Waals surface area contributed by atoms with Crippen LogP contribution in [0, 0.1) is 5.92 Å². The van der Waals surface area contributed by atoms with Crippen LogP contribution in [0.15, 0.2) is 53.1 Å². The molecule has 15 nitrogen and oxygen atoms in total. The molecule has 0 bridgehead atoms. The molecule has 3 aromatic carbocycles. The highest BCUT2D eigenvalue weighted by molar-refractivity contribution is 5.71. The Hall–Kier alpha value is -6.51. The Kier molecular flexibility index (Phi) is 24.3. The van der Waals surface area contributed by atoms with E-state index in [0.29, 0.717) is 59.5 Å². The summed E-state index contributed by atoms with van der Waals surface area (Å²) in [6.45, 7) is 11.6. The second-order valence-electron chi connectivity index (χ2n) is 27.6. The zero-order valence-electron chi connectivity index (χ0n) is 55.2. The Morgan fingerprint density at radius 3 is 1.37 bits per heavy atom. The number of phenolic OH excluding ortho intramolecular Hbond substituents is 6. The molecule has 0 spiro atoms. The smallest absolute Gasteiger partial charge is 0.410 e. The lowest BCUT2D eigenvalue weighted by Gasteiger charge is -2.28. The Bertz CT molecular complexity index is 3070. The standard InChI is InChI=1S/C75H107N3O12/c1-7-9-13-25-53-43-65(80)69(57-30-20-23-50(5)40-57)72(84)63(53)47-78(59-34-35-59)75(87)90-60-36-31-51(41-60)24-14-12-16-27-54-44-66(81)68(56-29-19-22-49(4)39-56)71(83)62(54)46-77(58-32-33-58)74(86)89-37-17-11-10-15-26-52-42-64(79)67(55-28-18-21-48(3)38-55)70(82)61(52)45-76(8-2)73(85)88-6/h38-40,42-44,51,55-60,79-84H,7-37,41,45-47H2,1-6H3. The molecule has 3 amide bonds. The number of rotatable bonds is 30. The maximum Gasteiger partial charge on any atom is 0.410 e. The van der Waals surface area contributed by atoms with Crippen molar-refractivity contribution in [2.75, 3.05) is 20.3 Å². The number of aromatic hydroxyl groups is 6. The van der Waals surface area contributed by atoms with Crippen molar-refractivity contribution in [1.29, 1.82) is 0 Å². The van der Waals surface area contributed by atoms with Crippen molar-refractivity contribution in [3.8, 4) is 34.5 Å². The second-order valence-corrected chi connectivity index (χ2v) is 27.6. The predicted molar refractivity (Wildman–Crippen MR) is 353 cm³/mol. The summed E-state index contributed by atoms with van der Waals surface area (Å²) in [5.41, 5.74) is 9.95. The molecular weight excluding hydrogens is 1130 g/mol. The van der Waals surface area contributed by atoms with Gasteiger partial charge >= 0.3 is 18.3 Å². The van der Waals surface area contributed by atoms with Gasteiger partial charge in [-0.3, -0.25) is 0 Å². The third-order valence-electron chi connectivity index (χ3n) is 20.6. The van der Waals surface area contributed by atoms with Crippen molar-refractivity contribution in [1.82, 2.24) is 14.7 Å². The molecule has 3 fully saturated rings. The molecule has 0 saturated heterocycles. The first kappa shape index (κ1) is 67.9. The first-order chi connectivity index (χ1) is 43.5. The Morgan fingerprint density at radius 1 is 0.500 bits per heavy atom. The first-order valence-electron chi connectivity index (χ1n) is 34.9. The van der Waals surface area contributed by atoms with E-state index in [2.05, 4.69) is 45.9 Å². The van der Waals surface area contributed by atoms with Gasteiger partial charge in [0.25, 0.3) is 0 Å². The van der Waals surface area contributed by atoms with Crippen LogP contribution < -0.4 is 0 Å². The molecule has 9 rings (SSSR count). The number of unbranched alkanes of at least 4 members (excludes halogenated alkanes) is 7. The fourth-order valence-corrected chi connectivity index (χ4v) is 15.1. The van der Waals surface area contributed by atoms with Gasteiger partial charge in [-0.2, -0.15) is 0 Å². The number of ether oxygens (including phenoxy) is 3. The quantitative estimate of drug-likeness (QED) is 0.0209. The summed E-state index contributed by atoms with van der Waals surface area (Å²) in [7, 11) is 1.35. The number of phenols is 6. The molecule has 0 heterocycles. The summed E-state index contributed by atoms with van der Waals surface area (Å²) >= 11 is 0. The molecule has 3 aromatic rings. The van der Waals surface area contributed by atoms with Crippen molar-refractivity contribution in [2.24, 2.45) is 5.92 Å². The lowest BCUT2D eigenvalue weighted by molar-refractivity contribution is 0.0589. The van der Waals surface area contributed by atoms with Gasteiger partial charge in [-0.25, -0.2) is 14.4 Å². The van der Waals surface area contributed by atoms with Gasteiger partial charge in [0.05, 0.1) is 33.4 Å². The number of nitrogens with zero attached hydrogens (tertiary/aromatic N) is 3. The topological polar surface area (TPSA) is 210 Å². The normalized spacial score (nSPS) is 20.9. The number of aryl methyl sites for hydroxylation is 3. The van der Waals surface area contributed by atoms with Gasteiger partial charge in [0.1, 0.15) is 40.6 Å². The van der Waals surface area contributed by atoms with Gasteiger partial charge in [0.15, 0.2) is 0 Å². The maximum atomic E-state index is 14.2. The monoisotopic (exact) mass is 1240 g/mol. The highest BCUT2D eigenvalue weighted by Gasteiger charge is 2.39. The van der Waals surface area contributed by atoms with Gasteiger partial charge in [-0.15, -0.1) is 0 Å². The predicted octanol–water partition coefficient (Wildman–Crippen LogP) is 17.9. The molecule has 0 aromatic heterocycles. The minimum absolute atomic E-state index is 0.00167. The molecule has 3 saturated carbocycles. The Labute approximate surface area is 536 Å². The fraction of sp³-hybridized carbons (Fsp3) is 0.640. The van der Waals surface area contributed by atoms with Crippen LogP contribution in [0.4, 0.5) is 14.4 Å². The van der Waals surface area contributed by atoms with Crippen LogP contribution in [0.2, 0.25) is 0 Å². The largest absolute Gasteiger partial charge is 0.507 e. The zero-order chi connectivity index (χ0) is 64.0. The van der Waals surface area contributed by atoms with Gasteiger partial charge in [0.2, 0.25) is 0 Å². The SMILES string of the molecule is CCCCCc1cc(O)c(C2C=C(C)CCC2)c(O)c1CN(C(=O)OC1CCC(CCCCCc2cc(O)c(C3C=C(C)CCC3)c(O)c2CN(C(=O)OCCCCCCc2cc(O)c(C3C=C(C)CCC3)c(O)c2CN(CC)C(=O)OC)C2CC2)C1)C1CC1. The van der Waals surface area contributed by atoms with Crippen LogP contribution in [0.3, 0.4) is 0 Å². The summed E-state index contributed by atoms with van der Waals surface area (Å²) in [5.74, 6) is 0.670. The Morgan fingerprint density at radius 2 is 0.933 bits per heavy atom. The van der Waals surface area contributed by atoms with E-state index in [1.165, 1.54) is 23.8 Å². The third kappa shape index (κ3) is 17.5. The van der Waals surface area contributed by atoms with Crippen LogP contribution in [0.1, 0.15) is 276 Å². The lowest BCUT2D eigenvalue weighted by Crippen LogP contribution is -2.35. The number of carbonyl (C=O) groups is 3. The second kappa shape index (κ2) is 32.2. The van der Waals surface area contributed by atoms with Crippen LogP contribution in [0.5, 0.6) is 34.5 Å². The number of carbonyl (C=O) groups excluding carboxylic acids is 3. The summed E-state index contributed by atoms with van der Waals surface area (Å²) in [4.78, 5) is 46.1. The highest BCUT2D eigenvalue weighted by Crippen LogP contribution is 2.49. The molecule has 15 heteroatoms. The van der Waals surface area contributed by atoms with Crippen molar-refractivity contribution in [3.05, 3.63) is 103 Å². The van der Waals surface area contributed by atoms with Gasteiger partial charge < -0.3 is 59.5 Å². The van der Waals surface area contributed by atoms with Crippen molar-refractivity contribution in [3.63, 3.8) is 0 Å². The average Bonchev–Trinajstić information content (AvgIpc) is 1.27. The van der Waals surface area contributed by atoms with E-state index in [0.717, 1.165) is 196 Å². The number of methoxy groups -OCH3 is 1. The average molecular weight is 1240 g/mol. The summed E-state index contributed by atoms with van der Waals surface area (Å²) in [6.07, 6.45) is 31.5. The maximum absolute atomic E-state index is 14.2. The van der Waals surface area contributed by atoms with Crippen LogP contribution >= 0.6 is 0 Å². The number of hydrogen-bond acceptors (Lipinski definition) is 12.